The van der Waals surface area contributed by atoms with E-state index in [0.717, 1.165) is 18.0 Å². The van der Waals surface area contributed by atoms with Crippen molar-refractivity contribution in [1.29, 1.82) is 0 Å². The second-order valence-electron chi connectivity index (χ2n) is 7.77. The molecule has 36 heavy (non-hydrogen) atoms. The van der Waals surface area contributed by atoms with Gasteiger partial charge in [0.1, 0.15) is 5.82 Å². The zero-order valence-corrected chi connectivity index (χ0v) is 18.8. The van der Waals surface area contributed by atoms with Crippen LogP contribution in [-0.2, 0) is 12.8 Å². The minimum Gasteiger partial charge on any atom is -0.383 e. The minimum atomic E-state index is -4.64. The lowest BCUT2D eigenvalue weighted by molar-refractivity contribution is -0.212. The van der Waals surface area contributed by atoms with Gasteiger partial charge in [-0.1, -0.05) is 24.0 Å². The Kier molecular flexibility index (Phi) is 6.69. The molecule has 3 N–H and O–H groups in total. The number of aromatic nitrogens is 4. The second-order valence-corrected chi connectivity index (χ2v) is 7.77. The SMILES string of the molecule is Cc1ccc(C(=O)NCc2ccc(F)nc2)c(C#Cc2cc(-c3cnn(C(F)(F)F)c3)cnc2N)c1. The number of rotatable bonds is 4. The predicted octanol–water partition coefficient (Wildman–Crippen LogP) is 4.18. The first-order valence-electron chi connectivity index (χ1n) is 10.5. The maximum atomic E-state index is 13.0. The van der Waals surface area contributed by atoms with E-state index in [0.29, 0.717) is 22.3 Å². The summed E-state index contributed by atoms with van der Waals surface area (Å²) in [5.74, 6) is 4.84. The van der Waals surface area contributed by atoms with Crippen molar-refractivity contribution in [3.05, 3.63) is 95.0 Å². The summed E-state index contributed by atoms with van der Waals surface area (Å²) in [6.07, 6.45) is -0.0835. The number of halogens is 4. The molecule has 0 fully saturated rings. The molecule has 0 aliphatic rings. The van der Waals surface area contributed by atoms with Gasteiger partial charge >= 0.3 is 6.30 Å². The summed E-state index contributed by atoms with van der Waals surface area (Å²) in [6.45, 7) is 1.98. The van der Waals surface area contributed by atoms with E-state index < -0.39 is 18.2 Å². The van der Waals surface area contributed by atoms with Crippen LogP contribution in [-0.4, -0.2) is 25.7 Å². The van der Waals surface area contributed by atoms with Crippen LogP contribution >= 0.6 is 0 Å². The number of hydrogen-bond donors (Lipinski definition) is 2. The molecule has 0 saturated heterocycles. The van der Waals surface area contributed by atoms with Crippen LogP contribution in [0, 0.1) is 24.7 Å². The highest BCUT2D eigenvalue weighted by Gasteiger charge is 2.31. The smallest absolute Gasteiger partial charge is 0.383 e. The van der Waals surface area contributed by atoms with Crippen LogP contribution in [0.2, 0.25) is 0 Å². The van der Waals surface area contributed by atoms with Crippen molar-refractivity contribution in [2.24, 2.45) is 0 Å². The Hall–Kier alpha value is -4.72. The molecule has 3 heterocycles. The number of aryl methyl sites for hydroxylation is 1. The van der Waals surface area contributed by atoms with Gasteiger partial charge in [-0.3, -0.25) is 4.79 Å². The molecule has 0 aliphatic carbocycles. The van der Waals surface area contributed by atoms with E-state index in [9.17, 15) is 22.4 Å². The minimum absolute atomic E-state index is 0.0805. The normalized spacial score (nSPS) is 11.0. The molecule has 0 radical (unpaired) electrons. The molecule has 0 bridgehead atoms. The molecule has 0 saturated carbocycles. The summed E-state index contributed by atoms with van der Waals surface area (Å²) in [5.41, 5.74) is 8.94. The second kappa shape index (κ2) is 9.87. The Morgan fingerprint density at radius 2 is 1.81 bits per heavy atom. The van der Waals surface area contributed by atoms with Crippen molar-refractivity contribution in [3.63, 3.8) is 0 Å². The topological polar surface area (TPSA) is 98.7 Å². The van der Waals surface area contributed by atoms with E-state index in [4.69, 9.17) is 5.73 Å². The molecule has 0 atom stereocenters. The van der Waals surface area contributed by atoms with Crippen molar-refractivity contribution in [3.8, 4) is 23.0 Å². The molecule has 0 unspecified atom stereocenters. The Morgan fingerprint density at radius 1 is 1.03 bits per heavy atom. The monoisotopic (exact) mass is 494 g/mol. The predicted molar refractivity (Wildman–Crippen MR) is 124 cm³/mol. The van der Waals surface area contributed by atoms with E-state index in [2.05, 4.69) is 32.2 Å². The number of nitrogens with zero attached hydrogens (tertiary/aromatic N) is 4. The fourth-order valence-electron chi connectivity index (χ4n) is 3.23. The molecular formula is C25H18F4N6O. The summed E-state index contributed by atoms with van der Waals surface area (Å²) >= 11 is 0. The highest BCUT2D eigenvalue weighted by Crippen LogP contribution is 2.26. The number of nitrogen functional groups attached to an aromatic ring is 1. The summed E-state index contributed by atoms with van der Waals surface area (Å²) in [4.78, 5) is 20.4. The lowest BCUT2D eigenvalue weighted by atomic mass is 10.0. The lowest BCUT2D eigenvalue weighted by Gasteiger charge is -2.08. The lowest BCUT2D eigenvalue weighted by Crippen LogP contribution is -2.23. The first-order valence-corrected chi connectivity index (χ1v) is 10.5. The summed E-state index contributed by atoms with van der Waals surface area (Å²) in [6, 6.07) is 9.33. The number of carbonyl (C=O) groups is 1. The first-order chi connectivity index (χ1) is 17.1. The van der Waals surface area contributed by atoms with Gasteiger partial charge in [-0.15, -0.1) is 13.2 Å². The number of alkyl halides is 3. The maximum Gasteiger partial charge on any atom is 0.504 e. The van der Waals surface area contributed by atoms with Crippen LogP contribution in [0.3, 0.4) is 0 Å². The molecule has 182 valence electrons. The quantitative estimate of drug-likeness (QED) is 0.252. The number of carbonyl (C=O) groups excluding carboxylic acids is 1. The number of pyridine rings is 2. The molecule has 0 aliphatic heterocycles. The van der Waals surface area contributed by atoms with Gasteiger partial charge in [-0.2, -0.15) is 14.2 Å². The molecule has 4 aromatic rings. The van der Waals surface area contributed by atoms with Crippen molar-refractivity contribution >= 4 is 11.7 Å². The number of anilines is 1. The van der Waals surface area contributed by atoms with Gasteiger partial charge in [0.15, 0.2) is 0 Å². The van der Waals surface area contributed by atoms with Crippen LogP contribution in [0.1, 0.15) is 32.6 Å². The number of benzene rings is 1. The van der Waals surface area contributed by atoms with Gasteiger partial charge in [0.05, 0.1) is 17.3 Å². The van der Waals surface area contributed by atoms with Gasteiger partial charge in [-0.25, -0.2) is 9.97 Å². The zero-order valence-electron chi connectivity index (χ0n) is 18.8. The van der Waals surface area contributed by atoms with Crippen LogP contribution in [0.15, 0.2) is 61.2 Å². The molecule has 4 rings (SSSR count). The average molecular weight is 494 g/mol. The van der Waals surface area contributed by atoms with E-state index in [1.807, 2.05) is 6.92 Å². The Balaban J connectivity index is 1.60. The maximum absolute atomic E-state index is 13.0. The summed E-state index contributed by atoms with van der Waals surface area (Å²) in [5, 5.41) is 6.07. The highest BCUT2D eigenvalue weighted by molar-refractivity contribution is 5.96. The standard InChI is InChI=1S/C25H18F4N6O/c1-15-2-6-21(24(36)33-11-16-3-7-22(26)31-10-16)17(8-15)4-5-18-9-19(12-32-23(18)30)20-13-34-35(14-20)25(27,28)29/h2-3,6-10,12-14H,11H2,1H3,(H2,30,32)(H,33,36). The van der Waals surface area contributed by atoms with Gasteiger partial charge < -0.3 is 11.1 Å². The molecule has 11 heteroatoms. The van der Waals surface area contributed by atoms with E-state index in [1.165, 1.54) is 30.6 Å². The van der Waals surface area contributed by atoms with Crippen molar-refractivity contribution in [2.45, 2.75) is 19.8 Å². The van der Waals surface area contributed by atoms with Crippen LogP contribution in [0.4, 0.5) is 23.4 Å². The van der Waals surface area contributed by atoms with Crippen molar-refractivity contribution in [2.75, 3.05) is 5.73 Å². The highest BCUT2D eigenvalue weighted by atomic mass is 19.4. The average Bonchev–Trinajstić information content (AvgIpc) is 3.34. The molecular weight excluding hydrogens is 476 g/mol. The third kappa shape index (κ3) is 5.67. The van der Waals surface area contributed by atoms with E-state index in [-0.39, 0.29) is 28.2 Å². The number of amides is 1. The third-order valence-electron chi connectivity index (χ3n) is 5.09. The fraction of sp³-hybridized carbons (Fsp3) is 0.120. The van der Waals surface area contributed by atoms with Crippen molar-refractivity contribution < 1.29 is 22.4 Å². The Labute approximate surface area is 203 Å². The molecule has 3 aromatic heterocycles. The van der Waals surface area contributed by atoms with Gasteiger partial charge in [0.25, 0.3) is 5.91 Å². The van der Waals surface area contributed by atoms with Crippen LogP contribution in [0.5, 0.6) is 0 Å². The molecule has 7 nitrogen and oxygen atoms in total. The molecule has 1 amide bonds. The third-order valence-corrected chi connectivity index (χ3v) is 5.09. The molecule has 1 aromatic carbocycles. The zero-order chi connectivity index (χ0) is 25.9. The summed E-state index contributed by atoms with van der Waals surface area (Å²) < 4.78 is 51.5. The first kappa shape index (κ1) is 24.4. The van der Waals surface area contributed by atoms with Gasteiger partial charge in [-0.05, 0) is 42.3 Å². The fourth-order valence-corrected chi connectivity index (χ4v) is 3.23. The number of hydrogen-bond acceptors (Lipinski definition) is 5. The number of nitrogens with one attached hydrogen (secondary N) is 1. The van der Waals surface area contributed by atoms with E-state index in [1.54, 1.807) is 18.2 Å². The summed E-state index contributed by atoms with van der Waals surface area (Å²) in [7, 11) is 0. The Morgan fingerprint density at radius 3 is 2.50 bits per heavy atom. The van der Waals surface area contributed by atoms with Crippen molar-refractivity contribution in [1.82, 2.24) is 25.1 Å². The van der Waals surface area contributed by atoms with Gasteiger partial charge in [0.2, 0.25) is 5.95 Å². The van der Waals surface area contributed by atoms with Crippen LogP contribution < -0.4 is 11.1 Å². The van der Waals surface area contributed by atoms with Gasteiger partial charge in [0, 0.05) is 41.8 Å². The van der Waals surface area contributed by atoms with Crippen LogP contribution in [0.25, 0.3) is 11.1 Å². The largest absolute Gasteiger partial charge is 0.504 e. The molecule has 0 spiro atoms. The number of nitrogens with two attached hydrogens (primary N) is 1. The van der Waals surface area contributed by atoms with E-state index >= 15 is 0 Å². The Bertz CT molecular complexity index is 1480.